The lowest BCUT2D eigenvalue weighted by atomic mass is 10.2. The minimum absolute atomic E-state index is 0.208. The molecule has 0 spiro atoms. The number of nitrogens with two attached hydrogens (primary N) is 1. The molecule has 1 aliphatic carbocycles. The predicted octanol–water partition coefficient (Wildman–Crippen LogP) is 1.28. The average Bonchev–Trinajstić information content (AvgIpc) is 3.33. The third-order valence-corrected chi connectivity index (χ3v) is 5.65. The number of carbonyl (C=O) groups is 1. The summed E-state index contributed by atoms with van der Waals surface area (Å²) in [7, 11) is 0. The molecular formula is C17H19N7O2S. The SMILES string of the molecule is NC(=O)Cn1c(CSc2nnnn2C2CCCC2)nc2ccccc2c1=O. The third-order valence-electron chi connectivity index (χ3n) is 4.72. The second kappa shape index (κ2) is 7.47. The molecule has 1 saturated carbocycles. The summed E-state index contributed by atoms with van der Waals surface area (Å²) in [6.07, 6.45) is 4.50. The number of amides is 1. The summed E-state index contributed by atoms with van der Waals surface area (Å²) < 4.78 is 3.19. The molecule has 0 saturated heterocycles. The third kappa shape index (κ3) is 3.57. The first-order valence-electron chi connectivity index (χ1n) is 8.81. The summed E-state index contributed by atoms with van der Waals surface area (Å²) in [6.45, 7) is -0.208. The Morgan fingerprint density at radius 2 is 2.04 bits per heavy atom. The molecule has 1 fully saturated rings. The Kier molecular flexibility index (Phi) is 4.88. The van der Waals surface area contributed by atoms with Crippen molar-refractivity contribution in [1.82, 2.24) is 29.8 Å². The molecule has 3 aromatic rings. The summed E-state index contributed by atoms with van der Waals surface area (Å²) in [5.74, 6) is 0.250. The highest BCUT2D eigenvalue weighted by Crippen LogP contribution is 2.32. The molecule has 140 valence electrons. The zero-order valence-corrected chi connectivity index (χ0v) is 15.4. The first-order chi connectivity index (χ1) is 13.1. The van der Waals surface area contributed by atoms with Crippen LogP contribution < -0.4 is 11.3 Å². The smallest absolute Gasteiger partial charge is 0.261 e. The van der Waals surface area contributed by atoms with E-state index < -0.39 is 5.91 Å². The Hall–Kier alpha value is -2.75. The summed E-state index contributed by atoms with van der Waals surface area (Å²) in [4.78, 5) is 28.8. The maximum atomic E-state index is 12.8. The first-order valence-corrected chi connectivity index (χ1v) is 9.79. The van der Waals surface area contributed by atoms with Crippen LogP contribution in [0.25, 0.3) is 10.9 Å². The van der Waals surface area contributed by atoms with Crippen molar-refractivity contribution in [3.8, 4) is 0 Å². The lowest BCUT2D eigenvalue weighted by molar-refractivity contribution is -0.118. The highest BCUT2D eigenvalue weighted by Gasteiger charge is 2.22. The van der Waals surface area contributed by atoms with E-state index in [0.29, 0.717) is 33.7 Å². The molecular weight excluding hydrogens is 366 g/mol. The number of hydrogen-bond donors (Lipinski definition) is 1. The van der Waals surface area contributed by atoms with E-state index in [9.17, 15) is 9.59 Å². The molecule has 2 heterocycles. The molecule has 9 nitrogen and oxygen atoms in total. The molecule has 0 aliphatic heterocycles. The summed E-state index contributed by atoms with van der Waals surface area (Å²) >= 11 is 1.40. The number of hydrogen-bond acceptors (Lipinski definition) is 7. The highest BCUT2D eigenvalue weighted by molar-refractivity contribution is 7.98. The van der Waals surface area contributed by atoms with E-state index in [2.05, 4.69) is 20.5 Å². The standard InChI is InChI=1S/C17H19N7O2S/c18-14(25)9-23-15(19-13-8-4-3-7-12(13)16(23)26)10-27-17-20-21-22-24(17)11-5-1-2-6-11/h3-4,7-8,11H,1-2,5-6,9-10H2,(H2,18,25). The molecule has 1 amide bonds. The van der Waals surface area contributed by atoms with Gasteiger partial charge < -0.3 is 5.73 Å². The second-order valence-corrected chi connectivity index (χ2v) is 7.48. The van der Waals surface area contributed by atoms with E-state index >= 15 is 0 Å². The number of tetrazole rings is 1. The fraction of sp³-hybridized carbons (Fsp3) is 0.412. The molecule has 1 aromatic carbocycles. The predicted molar refractivity (Wildman–Crippen MR) is 100 cm³/mol. The van der Waals surface area contributed by atoms with E-state index in [1.165, 1.54) is 29.2 Å². The van der Waals surface area contributed by atoms with E-state index in [1.807, 2.05) is 10.7 Å². The minimum atomic E-state index is -0.587. The largest absolute Gasteiger partial charge is 0.368 e. The number of thioether (sulfide) groups is 1. The van der Waals surface area contributed by atoms with Gasteiger partial charge in [-0.15, -0.1) is 5.10 Å². The van der Waals surface area contributed by atoms with Gasteiger partial charge in [0.2, 0.25) is 11.1 Å². The topological polar surface area (TPSA) is 122 Å². The zero-order chi connectivity index (χ0) is 18.8. The minimum Gasteiger partial charge on any atom is -0.368 e. The Labute approximate surface area is 159 Å². The van der Waals surface area contributed by atoms with Crippen LogP contribution in [0.15, 0.2) is 34.2 Å². The molecule has 2 aromatic heterocycles. The number of primary amides is 1. The van der Waals surface area contributed by atoms with Crippen molar-refractivity contribution in [3.63, 3.8) is 0 Å². The number of carbonyl (C=O) groups excluding carboxylic acids is 1. The van der Waals surface area contributed by atoms with Crippen molar-refractivity contribution in [2.45, 2.75) is 49.2 Å². The van der Waals surface area contributed by atoms with Gasteiger partial charge in [-0.25, -0.2) is 9.67 Å². The second-order valence-electron chi connectivity index (χ2n) is 6.54. The van der Waals surface area contributed by atoms with Gasteiger partial charge in [-0.2, -0.15) is 0 Å². The molecule has 10 heteroatoms. The number of benzene rings is 1. The van der Waals surface area contributed by atoms with Crippen LogP contribution >= 0.6 is 11.8 Å². The van der Waals surface area contributed by atoms with Gasteiger partial charge in [-0.3, -0.25) is 14.2 Å². The molecule has 2 N–H and O–H groups in total. The fourth-order valence-electron chi connectivity index (χ4n) is 3.43. The van der Waals surface area contributed by atoms with Gasteiger partial charge in [-0.1, -0.05) is 36.7 Å². The van der Waals surface area contributed by atoms with E-state index in [4.69, 9.17) is 5.73 Å². The van der Waals surface area contributed by atoms with Crippen molar-refractivity contribution < 1.29 is 4.79 Å². The van der Waals surface area contributed by atoms with Crippen molar-refractivity contribution in [2.75, 3.05) is 0 Å². The van der Waals surface area contributed by atoms with Crippen molar-refractivity contribution in [3.05, 3.63) is 40.4 Å². The Morgan fingerprint density at radius 3 is 2.81 bits per heavy atom. The van der Waals surface area contributed by atoms with Gasteiger partial charge in [0.05, 0.1) is 22.7 Å². The summed E-state index contributed by atoms with van der Waals surface area (Å²) in [5.41, 5.74) is 5.65. The Morgan fingerprint density at radius 1 is 1.26 bits per heavy atom. The van der Waals surface area contributed by atoms with Gasteiger partial charge in [0.1, 0.15) is 12.4 Å². The van der Waals surface area contributed by atoms with Gasteiger partial charge in [0.25, 0.3) is 5.56 Å². The van der Waals surface area contributed by atoms with Crippen molar-refractivity contribution in [2.24, 2.45) is 5.73 Å². The van der Waals surface area contributed by atoms with Crippen LogP contribution in [0, 0.1) is 0 Å². The van der Waals surface area contributed by atoms with E-state index in [1.54, 1.807) is 18.2 Å². The lowest BCUT2D eigenvalue weighted by Crippen LogP contribution is -2.31. The van der Waals surface area contributed by atoms with Crippen LogP contribution in [0.1, 0.15) is 37.5 Å². The Bertz CT molecular complexity index is 1040. The van der Waals surface area contributed by atoms with E-state index in [-0.39, 0.29) is 12.1 Å². The molecule has 27 heavy (non-hydrogen) atoms. The monoisotopic (exact) mass is 385 g/mol. The average molecular weight is 385 g/mol. The molecule has 0 atom stereocenters. The Balaban J connectivity index is 1.66. The number of para-hydroxylation sites is 1. The van der Waals surface area contributed by atoms with E-state index in [0.717, 1.165) is 12.8 Å². The summed E-state index contributed by atoms with van der Waals surface area (Å²) in [6, 6.07) is 7.39. The van der Waals surface area contributed by atoms with Crippen molar-refractivity contribution in [1.29, 1.82) is 0 Å². The maximum absolute atomic E-state index is 12.8. The van der Waals surface area contributed by atoms with Crippen LogP contribution in [0.2, 0.25) is 0 Å². The molecule has 0 bridgehead atoms. The number of fused-ring (bicyclic) bond motifs is 1. The number of aromatic nitrogens is 6. The number of rotatable bonds is 6. The molecule has 0 unspecified atom stereocenters. The number of nitrogens with zero attached hydrogens (tertiary/aromatic N) is 6. The molecule has 4 rings (SSSR count). The van der Waals surface area contributed by atoms with Crippen molar-refractivity contribution >= 4 is 28.6 Å². The van der Waals surface area contributed by atoms with Crippen LogP contribution in [0.5, 0.6) is 0 Å². The van der Waals surface area contributed by atoms with Gasteiger partial charge >= 0.3 is 0 Å². The van der Waals surface area contributed by atoms with Crippen LogP contribution in [-0.4, -0.2) is 35.7 Å². The quantitative estimate of drug-likeness (QED) is 0.634. The van der Waals surface area contributed by atoms with Crippen LogP contribution in [-0.2, 0) is 17.1 Å². The zero-order valence-electron chi connectivity index (χ0n) is 14.6. The van der Waals surface area contributed by atoms with Gasteiger partial charge in [0, 0.05) is 0 Å². The summed E-state index contributed by atoms with van der Waals surface area (Å²) in [5, 5.41) is 13.2. The molecule has 0 radical (unpaired) electrons. The molecule has 1 aliphatic rings. The van der Waals surface area contributed by atoms with Crippen LogP contribution in [0.4, 0.5) is 0 Å². The fourth-order valence-corrected chi connectivity index (χ4v) is 4.32. The maximum Gasteiger partial charge on any atom is 0.261 e. The highest BCUT2D eigenvalue weighted by atomic mass is 32.2. The normalized spacial score (nSPS) is 14.8. The van der Waals surface area contributed by atoms with Gasteiger partial charge in [0.15, 0.2) is 0 Å². The first kappa shape index (κ1) is 17.7. The van der Waals surface area contributed by atoms with Gasteiger partial charge in [-0.05, 0) is 35.4 Å². The van der Waals surface area contributed by atoms with Crippen LogP contribution in [0.3, 0.4) is 0 Å². The lowest BCUT2D eigenvalue weighted by Gasteiger charge is -2.13.